The van der Waals surface area contributed by atoms with Crippen LogP contribution in [-0.4, -0.2) is 11.1 Å². The minimum atomic E-state index is -0.901. The number of furan rings is 1. The molecule has 0 aliphatic rings. The maximum Gasteiger partial charge on any atom is 0.335 e. The first-order chi connectivity index (χ1) is 9.47. The number of aryl methyl sites for hydroxylation is 2. The summed E-state index contributed by atoms with van der Waals surface area (Å²) >= 11 is 0. The number of nitrogens with one attached hydrogen (secondary N) is 1. The Kier molecular flexibility index (Phi) is 4.25. The van der Waals surface area contributed by atoms with E-state index in [4.69, 9.17) is 9.52 Å². The van der Waals surface area contributed by atoms with E-state index in [0.717, 1.165) is 22.6 Å². The van der Waals surface area contributed by atoms with Crippen molar-refractivity contribution < 1.29 is 14.3 Å². The lowest BCUT2D eigenvalue weighted by molar-refractivity contribution is 0.0697. The van der Waals surface area contributed by atoms with E-state index in [9.17, 15) is 4.79 Å². The first-order valence-corrected chi connectivity index (χ1v) is 6.60. The zero-order chi connectivity index (χ0) is 14.7. The van der Waals surface area contributed by atoms with E-state index < -0.39 is 5.97 Å². The molecule has 1 unspecified atom stereocenters. The number of carboxylic acid groups (broad SMARTS) is 1. The van der Waals surface area contributed by atoms with Crippen LogP contribution in [0.15, 0.2) is 34.7 Å². The fourth-order valence-corrected chi connectivity index (χ4v) is 2.23. The van der Waals surface area contributed by atoms with Crippen molar-refractivity contribution in [2.45, 2.75) is 33.4 Å². The quantitative estimate of drug-likeness (QED) is 0.876. The third-order valence-electron chi connectivity index (χ3n) is 3.36. The summed E-state index contributed by atoms with van der Waals surface area (Å²) in [5, 5.41) is 12.3. The Labute approximate surface area is 118 Å². The number of benzene rings is 1. The van der Waals surface area contributed by atoms with Gasteiger partial charge in [-0.15, -0.1) is 0 Å². The van der Waals surface area contributed by atoms with Gasteiger partial charge in [-0.25, -0.2) is 4.79 Å². The first-order valence-electron chi connectivity index (χ1n) is 6.60. The smallest absolute Gasteiger partial charge is 0.335 e. The van der Waals surface area contributed by atoms with Crippen molar-refractivity contribution in [1.29, 1.82) is 0 Å². The monoisotopic (exact) mass is 273 g/mol. The highest BCUT2D eigenvalue weighted by atomic mass is 16.4. The summed E-state index contributed by atoms with van der Waals surface area (Å²) in [7, 11) is 0. The average molecular weight is 273 g/mol. The van der Waals surface area contributed by atoms with Crippen LogP contribution in [-0.2, 0) is 6.54 Å². The molecular formula is C16H19NO3. The number of carbonyl (C=O) groups is 1. The molecule has 1 heterocycles. The lowest BCUT2D eigenvalue weighted by atomic mass is 10.1. The normalized spacial score (nSPS) is 12.3. The van der Waals surface area contributed by atoms with Gasteiger partial charge in [0.15, 0.2) is 0 Å². The minimum absolute atomic E-state index is 0.187. The third kappa shape index (κ3) is 3.27. The Morgan fingerprint density at radius 3 is 2.45 bits per heavy atom. The predicted molar refractivity (Wildman–Crippen MR) is 76.8 cm³/mol. The molecule has 0 saturated heterocycles. The van der Waals surface area contributed by atoms with Gasteiger partial charge in [-0.3, -0.25) is 0 Å². The minimum Gasteiger partial charge on any atom is -0.478 e. The van der Waals surface area contributed by atoms with E-state index in [0.29, 0.717) is 12.1 Å². The molecule has 0 spiro atoms. The summed E-state index contributed by atoms with van der Waals surface area (Å²) in [6.07, 6.45) is 0. The van der Waals surface area contributed by atoms with Crippen molar-refractivity contribution in [3.8, 4) is 0 Å². The molecule has 2 N–H and O–H groups in total. The summed E-state index contributed by atoms with van der Waals surface area (Å²) in [5.41, 5.74) is 2.52. The zero-order valence-corrected chi connectivity index (χ0v) is 11.9. The molecule has 0 radical (unpaired) electrons. The Bertz CT molecular complexity index is 599. The highest BCUT2D eigenvalue weighted by molar-refractivity contribution is 5.87. The maximum atomic E-state index is 10.8. The van der Waals surface area contributed by atoms with Crippen LogP contribution in [0.5, 0.6) is 0 Å². The number of hydrogen-bond acceptors (Lipinski definition) is 3. The van der Waals surface area contributed by atoms with Crippen molar-refractivity contribution in [3.05, 3.63) is 58.5 Å². The molecule has 0 bridgehead atoms. The summed E-state index contributed by atoms with van der Waals surface area (Å²) < 4.78 is 5.52. The molecule has 0 saturated carbocycles. The predicted octanol–water partition coefficient (Wildman–Crippen LogP) is 3.45. The number of aromatic carboxylic acids is 1. The van der Waals surface area contributed by atoms with Gasteiger partial charge in [0.2, 0.25) is 0 Å². The molecule has 0 fully saturated rings. The zero-order valence-electron chi connectivity index (χ0n) is 11.9. The third-order valence-corrected chi connectivity index (χ3v) is 3.36. The lowest BCUT2D eigenvalue weighted by Gasteiger charge is -2.13. The highest BCUT2D eigenvalue weighted by Crippen LogP contribution is 2.21. The van der Waals surface area contributed by atoms with Crippen molar-refractivity contribution in [2.75, 3.05) is 0 Å². The van der Waals surface area contributed by atoms with E-state index in [1.165, 1.54) is 0 Å². The van der Waals surface area contributed by atoms with Crippen LogP contribution >= 0.6 is 0 Å². The average Bonchev–Trinajstić information content (AvgIpc) is 2.75. The second-order valence-corrected chi connectivity index (χ2v) is 4.97. The van der Waals surface area contributed by atoms with Gasteiger partial charge in [0.1, 0.15) is 11.5 Å². The number of rotatable bonds is 5. The molecule has 1 atom stereocenters. The summed E-state index contributed by atoms with van der Waals surface area (Å²) in [4.78, 5) is 10.8. The van der Waals surface area contributed by atoms with Gasteiger partial charge in [0.25, 0.3) is 0 Å². The number of hydrogen-bond donors (Lipinski definition) is 2. The topological polar surface area (TPSA) is 62.5 Å². The van der Waals surface area contributed by atoms with Gasteiger partial charge in [-0.1, -0.05) is 12.1 Å². The van der Waals surface area contributed by atoms with E-state index in [1.54, 1.807) is 12.1 Å². The maximum absolute atomic E-state index is 10.8. The van der Waals surface area contributed by atoms with Gasteiger partial charge in [0.05, 0.1) is 5.56 Å². The molecule has 2 aromatic rings. The molecule has 1 aromatic carbocycles. The molecular weight excluding hydrogens is 254 g/mol. The molecule has 2 rings (SSSR count). The van der Waals surface area contributed by atoms with Crippen molar-refractivity contribution in [3.63, 3.8) is 0 Å². The van der Waals surface area contributed by atoms with Gasteiger partial charge in [0, 0.05) is 18.2 Å². The highest BCUT2D eigenvalue weighted by Gasteiger charge is 2.12. The van der Waals surface area contributed by atoms with Crippen LogP contribution < -0.4 is 5.32 Å². The largest absolute Gasteiger partial charge is 0.478 e. The van der Waals surface area contributed by atoms with Gasteiger partial charge in [-0.2, -0.15) is 0 Å². The van der Waals surface area contributed by atoms with E-state index in [-0.39, 0.29) is 6.04 Å². The first kappa shape index (κ1) is 14.3. The lowest BCUT2D eigenvalue weighted by Crippen LogP contribution is -2.18. The van der Waals surface area contributed by atoms with Crippen LogP contribution in [0.4, 0.5) is 0 Å². The van der Waals surface area contributed by atoms with Crippen LogP contribution in [0, 0.1) is 13.8 Å². The van der Waals surface area contributed by atoms with Crippen molar-refractivity contribution >= 4 is 5.97 Å². The van der Waals surface area contributed by atoms with Gasteiger partial charge < -0.3 is 14.8 Å². The van der Waals surface area contributed by atoms with Crippen molar-refractivity contribution in [2.24, 2.45) is 0 Å². The van der Waals surface area contributed by atoms with Gasteiger partial charge >= 0.3 is 5.97 Å². The molecule has 0 aliphatic carbocycles. The second-order valence-electron chi connectivity index (χ2n) is 4.97. The SMILES string of the molecule is Cc1cc(C(C)NCc2ccc(C(=O)O)cc2)c(C)o1. The Hall–Kier alpha value is -2.07. The molecule has 0 aliphatic heterocycles. The molecule has 1 aromatic heterocycles. The van der Waals surface area contributed by atoms with Crippen molar-refractivity contribution in [1.82, 2.24) is 5.32 Å². The Morgan fingerprint density at radius 2 is 1.95 bits per heavy atom. The van der Waals surface area contributed by atoms with Crippen LogP contribution in [0.2, 0.25) is 0 Å². The van der Waals surface area contributed by atoms with Gasteiger partial charge in [-0.05, 0) is 44.5 Å². The van der Waals surface area contributed by atoms with E-state index in [2.05, 4.69) is 12.2 Å². The number of carboxylic acids is 1. The molecule has 0 amide bonds. The summed E-state index contributed by atoms with van der Waals surface area (Å²) in [5.74, 6) is 0.947. The van der Waals surface area contributed by atoms with Crippen LogP contribution in [0.3, 0.4) is 0 Å². The second kappa shape index (κ2) is 5.92. The molecule has 20 heavy (non-hydrogen) atoms. The molecule has 4 nitrogen and oxygen atoms in total. The van der Waals surface area contributed by atoms with E-state index in [1.807, 2.05) is 32.0 Å². The van der Waals surface area contributed by atoms with Crippen LogP contribution in [0.1, 0.15) is 46.0 Å². The molecule has 106 valence electrons. The Morgan fingerprint density at radius 1 is 1.30 bits per heavy atom. The standard InChI is InChI=1S/C16H19NO3/c1-10-8-15(12(3)20-10)11(2)17-9-13-4-6-14(7-5-13)16(18)19/h4-8,11,17H,9H2,1-3H3,(H,18,19). The summed E-state index contributed by atoms with van der Waals surface area (Å²) in [6, 6.07) is 9.13. The van der Waals surface area contributed by atoms with Crippen LogP contribution in [0.25, 0.3) is 0 Å². The molecule has 4 heteroatoms. The summed E-state index contributed by atoms with van der Waals surface area (Å²) in [6.45, 7) is 6.67. The fourth-order valence-electron chi connectivity index (χ4n) is 2.23. The fraction of sp³-hybridized carbons (Fsp3) is 0.312. The van der Waals surface area contributed by atoms with E-state index >= 15 is 0 Å². The Balaban J connectivity index is 1.98.